The molecule has 0 fully saturated rings. The predicted molar refractivity (Wildman–Crippen MR) is 37.9 cm³/mol. The van der Waals surface area contributed by atoms with Crippen molar-refractivity contribution in [3.05, 3.63) is 0 Å². The standard InChI is InChI=1S/C6H11O.Al.2H/c1-3-5-6(7)4-2;;;/h2-5H2,1H3;;;. The summed E-state index contributed by atoms with van der Waals surface area (Å²) in [7, 11) is 0. The molecule has 0 atom stereocenters. The molecule has 0 bridgehead atoms. The van der Waals surface area contributed by atoms with Gasteiger partial charge in [0.2, 0.25) is 16.3 Å². The Bertz CT molecular complexity index is 62.9. The molecule has 0 heterocycles. The SMILES string of the molecule is CCCC(=O)C[CH2][AlH2]. The third-order valence-electron chi connectivity index (χ3n) is 1.06. The summed E-state index contributed by atoms with van der Waals surface area (Å²) in [5, 5.41) is 1.14. The highest BCUT2D eigenvalue weighted by molar-refractivity contribution is 6.10. The molecule has 0 saturated heterocycles. The van der Waals surface area contributed by atoms with Crippen LogP contribution in [-0.2, 0) is 4.79 Å². The van der Waals surface area contributed by atoms with Crippen LogP contribution in [0.1, 0.15) is 26.2 Å². The van der Waals surface area contributed by atoms with E-state index < -0.39 is 0 Å². The molecule has 0 aromatic rings. The fourth-order valence-electron chi connectivity index (χ4n) is 0.683. The molecule has 0 aliphatic carbocycles. The molecule has 0 rings (SSSR count). The number of hydrogen-bond acceptors (Lipinski definition) is 1. The van der Waals surface area contributed by atoms with E-state index in [-0.39, 0.29) is 0 Å². The van der Waals surface area contributed by atoms with E-state index in [2.05, 4.69) is 0 Å². The molecule has 2 heteroatoms. The Kier molecular flexibility index (Phi) is 5.48. The van der Waals surface area contributed by atoms with Gasteiger partial charge in [0.05, 0.1) is 0 Å². The Morgan fingerprint density at radius 2 is 2.12 bits per heavy atom. The van der Waals surface area contributed by atoms with Gasteiger partial charge in [0, 0.05) is 6.42 Å². The van der Waals surface area contributed by atoms with E-state index in [1.165, 1.54) is 16.3 Å². The highest BCUT2D eigenvalue weighted by Crippen LogP contribution is 1.95. The maximum absolute atomic E-state index is 10.7. The maximum atomic E-state index is 10.7. The Morgan fingerprint density at radius 1 is 1.50 bits per heavy atom. The van der Waals surface area contributed by atoms with Crippen LogP contribution in [-0.4, -0.2) is 22.1 Å². The minimum absolute atomic E-state index is 0.447. The molecule has 0 aromatic carbocycles. The third kappa shape index (κ3) is 4.36. The normalized spacial score (nSPS) is 9.12. The van der Waals surface area contributed by atoms with Crippen LogP contribution >= 0.6 is 0 Å². The lowest BCUT2D eigenvalue weighted by atomic mass is 10.2. The van der Waals surface area contributed by atoms with Crippen LogP contribution in [0.5, 0.6) is 0 Å². The number of ketones is 1. The van der Waals surface area contributed by atoms with E-state index >= 15 is 0 Å². The second kappa shape index (κ2) is 5.34. The predicted octanol–water partition coefficient (Wildman–Crippen LogP) is 0.797. The summed E-state index contributed by atoms with van der Waals surface area (Å²) in [6.07, 6.45) is 2.64. The first-order valence-electron chi connectivity index (χ1n) is 3.33. The summed E-state index contributed by atoms with van der Waals surface area (Å²) in [6, 6.07) is 0. The minimum atomic E-state index is 0.447. The Morgan fingerprint density at radius 3 is 2.50 bits per heavy atom. The van der Waals surface area contributed by atoms with Crippen LogP contribution in [0.3, 0.4) is 0 Å². The molecular weight excluding hydrogens is 115 g/mol. The molecular formula is C6H13AlO. The molecule has 0 aliphatic heterocycles. The van der Waals surface area contributed by atoms with Gasteiger partial charge in [-0.1, -0.05) is 12.2 Å². The fraction of sp³-hybridized carbons (Fsp3) is 0.833. The summed E-state index contributed by atoms with van der Waals surface area (Å²) >= 11 is 1.17. The molecule has 8 heavy (non-hydrogen) atoms. The van der Waals surface area contributed by atoms with Crippen molar-refractivity contribution in [2.75, 3.05) is 0 Å². The monoisotopic (exact) mass is 128 g/mol. The molecule has 0 spiro atoms. The van der Waals surface area contributed by atoms with Gasteiger partial charge in [0.1, 0.15) is 5.78 Å². The number of carbonyl (C=O) groups excluding carboxylic acids is 1. The molecule has 0 aromatic heterocycles. The first-order valence-corrected chi connectivity index (χ1v) is 4.74. The number of hydrogen-bond donors (Lipinski definition) is 0. The molecule has 0 aliphatic rings. The number of carbonyl (C=O) groups is 1. The zero-order valence-electron chi connectivity index (χ0n) is 5.74. The van der Waals surface area contributed by atoms with E-state index in [1.54, 1.807) is 0 Å². The van der Waals surface area contributed by atoms with E-state index in [9.17, 15) is 4.79 Å². The fourth-order valence-corrected chi connectivity index (χ4v) is 1.24. The summed E-state index contributed by atoms with van der Waals surface area (Å²) in [6.45, 7) is 2.05. The lowest BCUT2D eigenvalue weighted by Gasteiger charge is -1.91. The zero-order chi connectivity index (χ0) is 6.41. The van der Waals surface area contributed by atoms with Crippen molar-refractivity contribution in [1.29, 1.82) is 0 Å². The topological polar surface area (TPSA) is 17.1 Å². The summed E-state index contributed by atoms with van der Waals surface area (Å²) in [4.78, 5) is 10.7. The van der Waals surface area contributed by atoms with Gasteiger partial charge in [-0.2, -0.15) is 0 Å². The third-order valence-corrected chi connectivity index (χ3v) is 1.56. The summed E-state index contributed by atoms with van der Waals surface area (Å²) in [5.41, 5.74) is 0. The molecule has 0 radical (unpaired) electrons. The molecule has 46 valence electrons. The van der Waals surface area contributed by atoms with Gasteiger partial charge in [-0.3, -0.25) is 4.79 Å². The zero-order valence-corrected chi connectivity index (χ0v) is 7.74. The lowest BCUT2D eigenvalue weighted by molar-refractivity contribution is -0.118. The largest absolute Gasteiger partial charge is 0.300 e. The van der Waals surface area contributed by atoms with Crippen LogP contribution in [0.4, 0.5) is 0 Å². The Hall–Kier alpha value is 0.202. The maximum Gasteiger partial charge on any atom is 0.212 e. The molecule has 0 amide bonds. The number of Topliss-reactive ketones (excluding diaryl/α,β-unsaturated/α-hetero) is 1. The van der Waals surface area contributed by atoms with Gasteiger partial charge in [-0.05, 0) is 12.8 Å². The van der Waals surface area contributed by atoms with Crippen LogP contribution in [0.25, 0.3) is 0 Å². The van der Waals surface area contributed by atoms with E-state index in [4.69, 9.17) is 0 Å². The first kappa shape index (κ1) is 8.20. The van der Waals surface area contributed by atoms with Crippen molar-refractivity contribution in [3.63, 3.8) is 0 Å². The molecule has 0 N–H and O–H groups in total. The second-order valence-electron chi connectivity index (χ2n) is 2.04. The second-order valence-corrected chi connectivity index (χ2v) is 3.04. The lowest BCUT2D eigenvalue weighted by Crippen LogP contribution is -1.94. The van der Waals surface area contributed by atoms with Gasteiger partial charge in [-0.15, -0.1) is 0 Å². The molecule has 0 saturated carbocycles. The van der Waals surface area contributed by atoms with E-state index in [1.807, 2.05) is 6.92 Å². The van der Waals surface area contributed by atoms with Crippen molar-refractivity contribution in [3.8, 4) is 0 Å². The highest BCUT2D eigenvalue weighted by atomic mass is 27.0. The van der Waals surface area contributed by atoms with Gasteiger partial charge in [0.15, 0.2) is 0 Å². The summed E-state index contributed by atoms with van der Waals surface area (Å²) in [5.74, 6) is 0.447. The number of rotatable bonds is 4. The van der Waals surface area contributed by atoms with Gasteiger partial charge < -0.3 is 0 Å². The van der Waals surface area contributed by atoms with Crippen molar-refractivity contribution < 1.29 is 4.79 Å². The van der Waals surface area contributed by atoms with E-state index in [0.29, 0.717) is 5.78 Å². The van der Waals surface area contributed by atoms with Crippen LogP contribution < -0.4 is 0 Å². The Labute approximate surface area is 58.9 Å². The molecule has 0 unspecified atom stereocenters. The van der Waals surface area contributed by atoms with Crippen molar-refractivity contribution in [2.24, 2.45) is 0 Å². The van der Waals surface area contributed by atoms with Gasteiger partial charge >= 0.3 is 0 Å². The Balaban J connectivity index is 3.06. The van der Waals surface area contributed by atoms with Gasteiger partial charge in [0.25, 0.3) is 0 Å². The highest BCUT2D eigenvalue weighted by Gasteiger charge is 1.94. The van der Waals surface area contributed by atoms with Crippen LogP contribution in [0.15, 0.2) is 0 Å². The minimum Gasteiger partial charge on any atom is -0.300 e. The average Bonchev–Trinajstić information content (AvgIpc) is 1.68. The first-order chi connectivity index (χ1) is 3.81. The van der Waals surface area contributed by atoms with Crippen molar-refractivity contribution in [1.82, 2.24) is 0 Å². The van der Waals surface area contributed by atoms with Gasteiger partial charge in [-0.25, -0.2) is 0 Å². The van der Waals surface area contributed by atoms with Crippen molar-refractivity contribution in [2.45, 2.75) is 31.5 Å². The van der Waals surface area contributed by atoms with E-state index in [0.717, 1.165) is 24.5 Å². The average molecular weight is 128 g/mol. The van der Waals surface area contributed by atoms with Crippen LogP contribution in [0.2, 0.25) is 5.28 Å². The molecule has 1 nitrogen and oxygen atoms in total. The van der Waals surface area contributed by atoms with Crippen molar-refractivity contribution >= 4 is 22.1 Å². The van der Waals surface area contributed by atoms with Crippen LogP contribution in [0, 0.1) is 0 Å². The summed E-state index contributed by atoms with van der Waals surface area (Å²) < 4.78 is 0. The smallest absolute Gasteiger partial charge is 0.212 e. The quantitative estimate of drug-likeness (QED) is 0.512.